The van der Waals surface area contributed by atoms with Crippen LogP contribution in [0, 0.1) is 0 Å². The molecule has 0 amide bonds. The van der Waals surface area contributed by atoms with Crippen LogP contribution < -0.4 is 9.47 Å². The Morgan fingerprint density at radius 2 is 2.07 bits per heavy atom. The van der Waals surface area contributed by atoms with E-state index in [1.54, 1.807) is 18.2 Å². The van der Waals surface area contributed by atoms with Crippen LogP contribution in [0.3, 0.4) is 0 Å². The molecule has 14 heavy (non-hydrogen) atoms. The molecule has 2 nitrogen and oxygen atoms in total. The molecule has 0 fully saturated rings. The van der Waals surface area contributed by atoms with Crippen molar-refractivity contribution in [3.63, 3.8) is 0 Å². The summed E-state index contributed by atoms with van der Waals surface area (Å²) in [5.41, 5.74) is 0. The molecule has 1 rings (SSSR count). The van der Waals surface area contributed by atoms with Crippen molar-refractivity contribution in [3.05, 3.63) is 22.7 Å². The van der Waals surface area contributed by atoms with Gasteiger partial charge in [-0.3, -0.25) is 0 Å². The molecule has 0 aliphatic rings. The second kappa shape index (κ2) is 5.14. The normalized spacial score (nSPS) is 10.4. The predicted octanol–water partition coefficient (Wildman–Crippen LogP) is 3.10. The summed E-state index contributed by atoms with van der Waals surface area (Å²) >= 11 is 3.21. The molecule has 5 heteroatoms. The molecule has 1 aromatic carbocycles. The van der Waals surface area contributed by atoms with E-state index in [4.69, 9.17) is 9.47 Å². The van der Waals surface area contributed by atoms with Gasteiger partial charge < -0.3 is 9.47 Å². The molecular formula is C9H9BrF2O2. The van der Waals surface area contributed by atoms with E-state index in [0.717, 1.165) is 4.47 Å². The van der Waals surface area contributed by atoms with Gasteiger partial charge in [-0.1, -0.05) is 15.9 Å². The first-order chi connectivity index (χ1) is 6.63. The molecule has 0 saturated carbocycles. The van der Waals surface area contributed by atoms with Crippen LogP contribution in [0.5, 0.6) is 11.5 Å². The second-order valence-corrected chi connectivity index (χ2v) is 3.41. The standard InChI is InChI=1S/C9H9BrF2O2/c1-13-7-3-2-6(10)4-8(7)14-5-9(11)12/h2-4,9H,5H2,1H3. The van der Waals surface area contributed by atoms with Gasteiger partial charge in [0.25, 0.3) is 6.43 Å². The highest BCUT2D eigenvalue weighted by Gasteiger charge is 2.08. The zero-order valence-electron chi connectivity index (χ0n) is 7.47. The van der Waals surface area contributed by atoms with E-state index in [2.05, 4.69) is 15.9 Å². The van der Waals surface area contributed by atoms with Crippen LogP contribution in [0.25, 0.3) is 0 Å². The van der Waals surface area contributed by atoms with Gasteiger partial charge in [0.2, 0.25) is 0 Å². The SMILES string of the molecule is COc1ccc(Br)cc1OCC(F)F. The molecule has 0 heterocycles. The fraction of sp³-hybridized carbons (Fsp3) is 0.333. The highest BCUT2D eigenvalue weighted by Crippen LogP contribution is 2.30. The zero-order chi connectivity index (χ0) is 10.6. The summed E-state index contributed by atoms with van der Waals surface area (Å²) in [7, 11) is 1.46. The average molecular weight is 267 g/mol. The van der Waals surface area contributed by atoms with E-state index in [-0.39, 0.29) is 0 Å². The van der Waals surface area contributed by atoms with E-state index in [0.29, 0.717) is 11.5 Å². The maximum absolute atomic E-state index is 11.9. The predicted molar refractivity (Wildman–Crippen MR) is 52.2 cm³/mol. The Kier molecular flexibility index (Phi) is 4.13. The van der Waals surface area contributed by atoms with Crippen LogP contribution in [0.1, 0.15) is 0 Å². The van der Waals surface area contributed by atoms with Crippen LogP contribution in [0.2, 0.25) is 0 Å². The molecule has 0 bridgehead atoms. The lowest BCUT2D eigenvalue weighted by molar-refractivity contribution is 0.0804. The molecule has 0 aromatic heterocycles. The van der Waals surface area contributed by atoms with Crippen molar-refractivity contribution in [2.45, 2.75) is 6.43 Å². The van der Waals surface area contributed by atoms with Crippen molar-refractivity contribution < 1.29 is 18.3 Å². The zero-order valence-corrected chi connectivity index (χ0v) is 9.05. The first-order valence-electron chi connectivity index (χ1n) is 3.88. The van der Waals surface area contributed by atoms with Crippen LogP contribution in [-0.4, -0.2) is 20.1 Å². The van der Waals surface area contributed by atoms with Crippen molar-refractivity contribution in [1.29, 1.82) is 0 Å². The van der Waals surface area contributed by atoms with Gasteiger partial charge in [-0.2, -0.15) is 0 Å². The Balaban J connectivity index is 2.77. The Hall–Kier alpha value is -0.840. The molecule has 1 aromatic rings. The van der Waals surface area contributed by atoms with E-state index in [9.17, 15) is 8.78 Å². The van der Waals surface area contributed by atoms with Gasteiger partial charge in [-0.15, -0.1) is 0 Å². The minimum Gasteiger partial charge on any atom is -0.493 e. The third-order valence-electron chi connectivity index (χ3n) is 1.49. The molecule has 0 spiro atoms. The van der Waals surface area contributed by atoms with Crippen molar-refractivity contribution >= 4 is 15.9 Å². The largest absolute Gasteiger partial charge is 0.493 e. The highest BCUT2D eigenvalue weighted by atomic mass is 79.9. The topological polar surface area (TPSA) is 18.5 Å². The van der Waals surface area contributed by atoms with Crippen molar-refractivity contribution in [2.75, 3.05) is 13.7 Å². The summed E-state index contributed by atoms with van der Waals surface area (Å²) < 4.78 is 34.3. The van der Waals surface area contributed by atoms with Gasteiger partial charge in [-0.05, 0) is 18.2 Å². The maximum atomic E-state index is 11.9. The summed E-state index contributed by atoms with van der Waals surface area (Å²) in [5.74, 6) is 0.746. The Morgan fingerprint density at radius 3 is 2.64 bits per heavy atom. The molecule has 78 valence electrons. The smallest absolute Gasteiger partial charge is 0.272 e. The Labute approximate surface area is 89.0 Å². The van der Waals surface area contributed by atoms with Crippen molar-refractivity contribution in [2.24, 2.45) is 0 Å². The van der Waals surface area contributed by atoms with Gasteiger partial charge in [0.15, 0.2) is 11.5 Å². The number of methoxy groups -OCH3 is 1. The van der Waals surface area contributed by atoms with E-state index < -0.39 is 13.0 Å². The van der Waals surface area contributed by atoms with Crippen LogP contribution in [0.15, 0.2) is 22.7 Å². The molecule has 0 radical (unpaired) electrons. The number of halogens is 3. The van der Waals surface area contributed by atoms with Gasteiger partial charge in [0.1, 0.15) is 6.61 Å². The molecular weight excluding hydrogens is 258 g/mol. The second-order valence-electron chi connectivity index (χ2n) is 2.50. The molecule has 0 saturated heterocycles. The van der Waals surface area contributed by atoms with Gasteiger partial charge in [-0.25, -0.2) is 8.78 Å². The fourth-order valence-electron chi connectivity index (χ4n) is 0.916. The van der Waals surface area contributed by atoms with Crippen molar-refractivity contribution in [3.8, 4) is 11.5 Å². The minimum atomic E-state index is -2.49. The summed E-state index contributed by atoms with van der Waals surface area (Å²) in [4.78, 5) is 0. The highest BCUT2D eigenvalue weighted by molar-refractivity contribution is 9.10. The number of benzene rings is 1. The molecule has 0 N–H and O–H groups in total. The third-order valence-corrected chi connectivity index (χ3v) is 1.98. The Morgan fingerprint density at radius 1 is 1.36 bits per heavy atom. The van der Waals surface area contributed by atoms with Crippen LogP contribution in [0.4, 0.5) is 8.78 Å². The van der Waals surface area contributed by atoms with E-state index in [1.165, 1.54) is 7.11 Å². The minimum absolute atomic E-state index is 0.308. The van der Waals surface area contributed by atoms with E-state index in [1.807, 2.05) is 0 Å². The Bertz CT molecular complexity index is 305. The lowest BCUT2D eigenvalue weighted by Gasteiger charge is -2.10. The van der Waals surface area contributed by atoms with Crippen LogP contribution in [-0.2, 0) is 0 Å². The van der Waals surface area contributed by atoms with Crippen LogP contribution >= 0.6 is 15.9 Å². The van der Waals surface area contributed by atoms with Gasteiger partial charge in [0.05, 0.1) is 7.11 Å². The molecule has 0 atom stereocenters. The first kappa shape index (κ1) is 11.2. The third kappa shape index (κ3) is 3.14. The van der Waals surface area contributed by atoms with E-state index >= 15 is 0 Å². The number of alkyl halides is 2. The van der Waals surface area contributed by atoms with Gasteiger partial charge in [0, 0.05) is 4.47 Å². The average Bonchev–Trinajstić information content (AvgIpc) is 2.15. The number of hydrogen-bond acceptors (Lipinski definition) is 2. The summed E-state index contributed by atoms with van der Waals surface area (Å²) in [6, 6.07) is 4.97. The summed E-state index contributed by atoms with van der Waals surface area (Å²) in [6.45, 7) is -0.632. The first-order valence-corrected chi connectivity index (χ1v) is 4.67. The molecule has 0 aliphatic heterocycles. The van der Waals surface area contributed by atoms with Gasteiger partial charge >= 0.3 is 0 Å². The fourth-order valence-corrected chi connectivity index (χ4v) is 1.26. The van der Waals surface area contributed by atoms with Crippen molar-refractivity contribution in [1.82, 2.24) is 0 Å². The summed E-state index contributed by atoms with van der Waals surface area (Å²) in [6.07, 6.45) is -2.49. The maximum Gasteiger partial charge on any atom is 0.272 e. The molecule has 0 aliphatic carbocycles. The number of hydrogen-bond donors (Lipinski definition) is 0. The number of rotatable bonds is 4. The monoisotopic (exact) mass is 266 g/mol. The lowest BCUT2D eigenvalue weighted by Crippen LogP contribution is -2.07. The molecule has 0 unspecified atom stereocenters. The number of ether oxygens (including phenoxy) is 2. The summed E-state index contributed by atoms with van der Waals surface area (Å²) in [5, 5.41) is 0. The quantitative estimate of drug-likeness (QED) is 0.834. The lowest BCUT2D eigenvalue weighted by atomic mass is 10.3.